The lowest BCUT2D eigenvalue weighted by molar-refractivity contribution is -0.140. The van der Waals surface area contributed by atoms with Crippen molar-refractivity contribution in [1.82, 2.24) is 0 Å². The molecule has 0 saturated heterocycles. The summed E-state index contributed by atoms with van der Waals surface area (Å²) >= 11 is 3.08. The van der Waals surface area contributed by atoms with E-state index in [2.05, 4.69) is 32.5 Å². The average molecular weight is 300 g/mol. The minimum atomic E-state index is -0.523. The number of esters is 1. The fourth-order valence-corrected chi connectivity index (χ4v) is 1.55. The molecule has 2 N–H and O–H groups in total. The van der Waals surface area contributed by atoms with E-state index in [0.29, 0.717) is 12.0 Å². The van der Waals surface area contributed by atoms with Crippen LogP contribution in [0.5, 0.6) is 0 Å². The maximum Gasteiger partial charge on any atom is 0.306 e. The van der Waals surface area contributed by atoms with Gasteiger partial charge in [0.2, 0.25) is 0 Å². The Morgan fingerprint density at radius 2 is 2.29 bits per heavy atom. The Kier molecular flexibility index (Phi) is 4.98. The number of nitrogens with two attached hydrogens (primary N) is 1. The van der Waals surface area contributed by atoms with Crippen molar-refractivity contribution >= 4 is 27.6 Å². The van der Waals surface area contributed by atoms with Crippen LogP contribution in [0, 0.1) is 17.7 Å². The highest BCUT2D eigenvalue weighted by molar-refractivity contribution is 9.10. The number of methoxy groups -OCH3 is 1. The van der Waals surface area contributed by atoms with Crippen LogP contribution >= 0.6 is 15.9 Å². The van der Waals surface area contributed by atoms with Crippen LogP contribution in [-0.4, -0.2) is 13.1 Å². The molecule has 0 fully saturated rings. The molecule has 0 aliphatic heterocycles. The van der Waals surface area contributed by atoms with Gasteiger partial charge in [0, 0.05) is 12.0 Å². The largest absolute Gasteiger partial charge is 0.469 e. The fraction of sp³-hybridized carbons (Fsp3) is 0.250. The minimum absolute atomic E-state index is 0.0667. The summed E-state index contributed by atoms with van der Waals surface area (Å²) in [5.74, 6) is 4.69. The summed E-state index contributed by atoms with van der Waals surface area (Å²) in [5.41, 5.74) is 5.96. The second kappa shape index (κ2) is 6.26. The molecule has 1 rings (SSSR count). The summed E-state index contributed by atoms with van der Waals surface area (Å²) in [6, 6.07) is 3.07. The van der Waals surface area contributed by atoms with Crippen molar-refractivity contribution in [2.24, 2.45) is 0 Å². The molecule has 0 bridgehead atoms. The van der Waals surface area contributed by atoms with E-state index < -0.39 is 5.82 Å². The number of anilines is 1. The standard InChI is InChI=1S/C12H11BrFNO2/c1-17-10(16)5-3-2-4-8-6-7-9(15)12(14)11(8)13/h6-7H,3,5,15H2,1H3. The van der Waals surface area contributed by atoms with Crippen molar-refractivity contribution in [1.29, 1.82) is 0 Å². The number of hydrogen-bond donors (Lipinski definition) is 1. The van der Waals surface area contributed by atoms with Gasteiger partial charge in [0.15, 0.2) is 5.82 Å². The monoisotopic (exact) mass is 299 g/mol. The smallest absolute Gasteiger partial charge is 0.306 e. The molecule has 0 heterocycles. The molecule has 0 aromatic heterocycles. The normalized spacial score (nSPS) is 9.35. The van der Waals surface area contributed by atoms with E-state index >= 15 is 0 Å². The average Bonchev–Trinajstić information content (AvgIpc) is 2.33. The van der Waals surface area contributed by atoms with Gasteiger partial charge in [-0.1, -0.05) is 11.8 Å². The zero-order chi connectivity index (χ0) is 12.8. The van der Waals surface area contributed by atoms with Crippen LogP contribution in [0.3, 0.4) is 0 Å². The molecule has 90 valence electrons. The Morgan fingerprint density at radius 3 is 2.94 bits per heavy atom. The summed E-state index contributed by atoms with van der Waals surface area (Å²) in [4.78, 5) is 10.8. The predicted octanol–water partition coefficient (Wildman–Crippen LogP) is 2.48. The van der Waals surface area contributed by atoms with E-state index in [0.717, 1.165) is 0 Å². The molecule has 0 aliphatic carbocycles. The molecule has 0 amide bonds. The summed E-state index contributed by atoms with van der Waals surface area (Å²) in [6.07, 6.45) is 0.587. The number of rotatable bonds is 2. The van der Waals surface area contributed by atoms with Gasteiger partial charge < -0.3 is 10.5 Å². The quantitative estimate of drug-likeness (QED) is 0.518. The molecular weight excluding hydrogens is 289 g/mol. The van der Waals surface area contributed by atoms with E-state index in [1.165, 1.54) is 13.2 Å². The number of ether oxygens (including phenoxy) is 1. The van der Waals surface area contributed by atoms with Crippen molar-refractivity contribution in [3.05, 3.63) is 28.0 Å². The zero-order valence-corrected chi connectivity index (χ0v) is 10.8. The van der Waals surface area contributed by atoms with Gasteiger partial charge in [0.25, 0.3) is 0 Å². The number of carbonyl (C=O) groups excluding carboxylic acids is 1. The van der Waals surface area contributed by atoms with Crippen molar-refractivity contribution in [3.63, 3.8) is 0 Å². The third kappa shape index (κ3) is 3.75. The van der Waals surface area contributed by atoms with Crippen molar-refractivity contribution < 1.29 is 13.9 Å². The number of halogens is 2. The van der Waals surface area contributed by atoms with Crippen LogP contribution in [-0.2, 0) is 9.53 Å². The van der Waals surface area contributed by atoms with Gasteiger partial charge in [-0.15, -0.1) is 0 Å². The Morgan fingerprint density at radius 1 is 1.59 bits per heavy atom. The van der Waals surface area contributed by atoms with E-state index in [4.69, 9.17) is 5.73 Å². The first-order valence-corrected chi connectivity index (χ1v) is 5.64. The summed E-state index contributed by atoms with van der Waals surface area (Å²) in [5, 5.41) is 0. The van der Waals surface area contributed by atoms with Crippen LogP contribution in [0.15, 0.2) is 16.6 Å². The first-order chi connectivity index (χ1) is 8.06. The van der Waals surface area contributed by atoms with Crippen LogP contribution in [0.2, 0.25) is 0 Å². The van der Waals surface area contributed by atoms with Gasteiger partial charge in [-0.2, -0.15) is 0 Å². The molecule has 1 aromatic carbocycles. The molecule has 3 nitrogen and oxygen atoms in total. The summed E-state index contributed by atoms with van der Waals surface area (Å²) in [7, 11) is 1.32. The van der Waals surface area contributed by atoms with E-state index in [1.807, 2.05) is 0 Å². The topological polar surface area (TPSA) is 52.3 Å². The maximum atomic E-state index is 13.4. The van der Waals surface area contributed by atoms with E-state index in [1.54, 1.807) is 6.07 Å². The SMILES string of the molecule is COC(=O)CCC#Cc1ccc(N)c(F)c1Br. The van der Waals surface area contributed by atoms with Gasteiger partial charge in [-0.25, -0.2) is 4.39 Å². The molecule has 0 saturated carbocycles. The van der Waals surface area contributed by atoms with Gasteiger partial charge >= 0.3 is 5.97 Å². The molecule has 1 aromatic rings. The van der Waals surface area contributed by atoms with Crippen LogP contribution < -0.4 is 5.73 Å². The highest BCUT2D eigenvalue weighted by Gasteiger charge is 2.06. The molecule has 0 atom stereocenters. The lowest BCUT2D eigenvalue weighted by Gasteiger charge is -2.00. The first-order valence-electron chi connectivity index (χ1n) is 4.85. The van der Waals surface area contributed by atoms with Crippen LogP contribution in [0.25, 0.3) is 0 Å². The first kappa shape index (κ1) is 13.5. The van der Waals surface area contributed by atoms with Gasteiger partial charge in [0.05, 0.1) is 23.7 Å². The van der Waals surface area contributed by atoms with Crippen molar-refractivity contribution in [3.8, 4) is 11.8 Å². The third-order valence-corrected chi connectivity index (χ3v) is 2.79. The third-order valence-electron chi connectivity index (χ3n) is 2.02. The summed E-state index contributed by atoms with van der Waals surface area (Å²) < 4.78 is 18.1. The van der Waals surface area contributed by atoms with Gasteiger partial charge in [-0.3, -0.25) is 4.79 Å². The van der Waals surface area contributed by atoms with Crippen molar-refractivity contribution in [2.45, 2.75) is 12.8 Å². The van der Waals surface area contributed by atoms with Gasteiger partial charge in [0.1, 0.15) is 0 Å². The van der Waals surface area contributed by atoms with Crippen LogP contribution in [0.1, 0.15) is 18.4 Å². The second-order valence-electron chi connectivity index (χ2n) is 3.21. The molecule has 5 heteroatoms. The number of hydrogen-bond acceptors (Lipinski definition) is 3. The maximum absolute atomic E-state index is 13.4. The lowest BCUT2D eigenvalue weighted by atomic mass is 10.2. The Labute approximate surface area is 107 Å². The van der Waals surface area contributed by atoms with Gasteiger partial charge in [-0.05, 0) is 28.1 Å². The molecule has 17 heavy (non-hydrogen) atoms. The fourth-order valence-electron chi connectivity index (χ4n) is 1.09. The highest BCUT2D eigenvalue weighted by Crippen LogP contribution is 2.24. The molecule has 0 spiro atoms. The predicted molar refractivity (Wildman–Crippen MR) is 66.6 cm³/mol. The number of nitrogen functional groups attached to an aromatic ring is 1. The Bertz CT molecular complexity index is 491. The van der Waals surface area contributed by atoms with Crippen LogP contribution in [0.4, 0.5) is 10.1 Å². The Balaban J connectivity index is 2.73. The Hall–Kier alpha value is -1.54. The van der Waals surface area contributed by atoms with E-state index in [9.17, 15) is 9.18 Å². The van der Waals surface area contributed by atoms with Crippen molar-refractivity contribution in [2.75, 3.05) is 12.8 Å². The highest BCUT2D eigenvalue weighted by atomic mass is 79.9. The second-order valence-corrected chi connectivity index (χ2v) is 4.00. The number of benzene rings is 1. The molecule has 0 unspecified atom stereocenters. The zero-order valence-electron chi connectivity index (χ0n) is 9.22. The molecule has 0 radical (unpaired) electrons. The molecular formula is C12H11BrFNO2. The minimum Gasteiger partial charge on any atom is -0.469 e. The number of carbonyl (C=O) groups is 1. The van der Waals surface area contributed by atoms with E-state index in [-0.39, 0.29) is 22.6 Å². The lowest BCUT2D eigenvalue weighted by Crippen LogP contribution is -1.98. The molecule has 0 aliphatic rings. The summed E-state index contributed by atoms with van der Waals surface area (Å²) in [6.45, 7) is 0.